The predicted octanol–water partition coefficient (Wildman–Crippen LogP) is -0.264. The molecule has 20 heavy (non-hydrogen) atoms. The Morgan fingerprint density at radius 3 is 2.00 bits per heavy atom. The lowest BCUT2D eigenvalue weighted by Gasteiger charge is -2.27. The van der Waals surface area contributed by atoms with Crippen LogP contribution in [0, 0.1) is 0 Å². The zero-order valence-corrected chi connectivity index (χ0v) is 12.1. The maximum atomic E-state index is 9.97. The Kier molecular flexibility index (Phi) is 3.37. The fraction of sp³-hybridized carbons (Fsp3) is 1.00. The summed E-state index contributed by atoms with van der Waals surface area (Å²) in [7, 11) is 0. The van der Waals surface area contributed by atoms with Crippen LogP contribution in [0.15, 0.2) is 0 Å². The zero-order chi connectivity index (χ0) is 14.7. The Bertz CT molecular complexity index is 383. The van der Waals surface area contributed by atoms with Crippen molar-refractivity contribution in [1.29, 1.82) is 0 Å². The first-order chi connectivity index (χ1) is 9.22. The molecule has 3 saturated heterocycles. The minimum atomic E-state index is -1.07. The monoisotopic (exact) mass is 290 g/mol. The van der Waals surface area contributed by atoms with Crippen LogP contribution in [-0.4, -0.2) is 65.2 Å². The SMILES string of the molecule is CC1(C)O[C@@H]2[C@@H]([C@H]3OC(C)(C)O[C@@H]3CO)O[C@@H](O)[C@@H]2O1. The van der Waals surface area contributed by atoms with E-state index in [2.05, 4.69) is 0 Å². The van der Waals surface area contributed by atoms with E-state index in [0.29, 0.717) is 0 Å². The van der Waals surface area contributed by atoms with Crippen molar-refractivity contribution >= 4 is 0 Å². The standard InChI is InChI=1S/C13H22O7/c1-12(2)17-6(5-14)7(18-12)8-9-10(11(15)16-8)20-13(3,4)19-9/h6-11,14-15H,5H2,1-4H3/t6-,7+,8-,9-,10-,11-/m1/s1. The van der Waals surface area contributed by atoms with Gasteiger partial charge in [-0.1, -0.05) is 0 Å². The fourth-order valence-corrected chi connectivity index (χ4v) is 3.15. The zero-order valence-electron chi connectivity index (χ0n) is 12.1. The first-order valence-electron chi connectivity index (χ1n) is 6.88. The average Bonchev–Trinajstić information content (AvgIpc) is 2.90. The summed E-state index contributed by atoms with van der Waals surface area (Å²) < 4.78 is 28.4. The normalized spacial score (nSPS) is 49.5. The second-order valence-corrected chi connectivity index (χ2v) is 6.38. The van der Waals surface area contributed by atoms with Gasteiger partial charge in [-0.25, -0.2) is 0 Å². The molecule has 0 saturated carbocycles. The van der Waals surface area contributed by atoms with Gasteiger partial charge < -0.3 is 33.9 Å². The molecule has 0 spiro atoms. The molecule has 7 nitrogen and oxygen atoms in total. The second-order valence-electron chi connectivity index (χ2n) is 6.38. The summed E-state index contributed by atoms with van der Waals surface area (Å²) in [6, 6.07) is 0. The molecule has 2 N–H and O–H groups in total. The van der Waals surface area contributed by atoms with Crippen LogP contribution in [0.3, 0.4) is 0 Å². The predicted molar refractivity (Wildman–Crippen MR) is 65.6 cm³/mol. The lowest BCUT2D eigenvalue weighted by atomic mass is 10.0. The van der Waals surface area contributed by atoms with E-state index in [-0.39, 0.29) is 6.61 Å². The van der Waals surface area contributed by atoms with Crippen molar-refractivity contribution in [2.45, 2.75) is 76.1 Å². The molecule has 0 unspecified atom stereocenters. The molecule has 3 rings (SSSR count). The fourth-order valence-electron chi connectivity index (χ4n) is 3.15. The minimum Gasteiger partial charge on any atom is -0.394 e. The van der Waals surface area contributed by atoms with E-state index >= 15 is 0 Å². The van der Waals surface area contributed by atoms with Crippen LogP contribution in [0.25, 0.3) is 0 Å². The van der Waals surface area contributed by atoms with Gasteiger partial charge >= 0.3 is 0 Å². The van der Waals surface area contributed by atoms with Gasteiger partial charge in [0.1, 0.15) is 30.5 Å². The van der Waals surface area contributed by atoms with E-state index < -0.39 is 48.4 Å². The van der Waals surface area contributed by atoms with Gasteiger partial charge in [0.25, 0.3) is 0 Å². The number of aliphatic hydroxyl groups is 2. The van der Waals surface area contributed by atoms with E-state index in [4.69, 9.17) is 23.7 Å². The molecule has 3 aliphatic heterocycles. The topological polar surface area (TPSA) is 86.6 Å². The van der Waals surface area contributed by atoms with Crippen molar-refractivity contribution in [2.24, 2.45) is 0 Å². The number of hydrogen-bond acceptors (Lipinski definition) is 7. The third-order valence-corrected chi connectivity index (χ3v) is 3.79. The molecule has 0 aromatic heterocycles. The number of fused-ring (bicyclic) bond motifs is 1. The van der Waals surface area contributed by atoms with Crippen molar-refractivity contribution in [3.8, 4) is 0 Å². The Morgan fingerprint density at radius 2 is 1.35 bits per heavy atom. The quantitative estimate of drug-likeness (QED) is 0.724. The number of ether oxygens (including phenoxy) is 5. The number of aliphatic hydroxyl groups excluding tert-OH is 2. The van der Waals surface area contributed by atoms with Crippen LogP contribution in [-0.2, 0) is 23.7 Å². The molecule has 0 aromatic carbocycles. The molecule has 0 radical (unpaired) electrons. The summed E-state index contributed by atoms with van der Waals surface area (Å²) in [5, 5.41) is 19.4. The second kappa shape index (κ2) is 4.61. The van der Waals surface area contributed by atoms with Crippen molar-refractivity contribution in [3.63, 3.8) is 0 Å². The lowest BCUT2D eigenvalue weighted by molar-refractivity contribution is -0.236. The maximum absolute atomic E-state index is 9.97. The van der Waals surface area contributed by atoms with E-state index in [1.807, 2.05) is 0 Å². The highest BCUT2D eigenvalue weighted by Gasteiger charge is 2.60. The van der Waals surface area contributed by atoms with Gasteiger partial charge in [-0.3, -0.25) is 0 Å². The Hall–Kier alpha value is -0.280. The number of rotatable bonds is 2. The molecule has 3 aliphatic rings. The summed E-state index contributed by atoms with van der Waals surface area (Å²) in [6.45, 7) is 6.93. The molecule has 116 valence electrons. The van der Waals surface area contributed by atoms with E-state index in [1.54, 1.807) is 27.7 Å². The van der Waals surface area contributed by atoms with E-state index in [9.17, 15) is 10.2 Å². The van der Waals surface area contributed by atoms with Gasteiger partial charge in [-0.2, -0.15) is 0 Å². The molecule has 0 aliphatic carbocycles. The summed E-state index contributed by atoms with van der Waals surface area (Å²) in [6.07, 6.45) is -3.65. The smallest absolute Gasteiger partial charge is 0.184 e. The first-order valence-corrected chi connectivity index (χ1v) is 6.88. The summed E-state index contributed by atoms with van der Waals surface area (Å²) in [4.78, 5) is 0. The first kappa shape index (κ1) is 14.6. The van der Waals surface area contributed by atoms with Gasteiger partial charge in [-0.15, -0.1) is 0 Å². The Morgan fingerprint density at radius 1 is 0.800 bits per heavy atom. The van der Waals surface area contributed by atoms with Crippen LogP contribution in [0.2, 0.25) is 0 Å². The van der Waals surface area contributed by atoms with Crippen molar-refractivity contribution in [2.75, 3.05) is 6.61 Å². The Labute approximate surface area is 117 Å². The summed E-state index contributed by atoms with van der Waals surface area (Å²) in [5.74, 6) is -1.58. The maximum Gasteiger partial charge on any atom is 0.184 e. The molecule has 0 amide bonds. The molecule has 6 atom stereocenters. The van der Waals surface area contributed by atoms with Gasteiger partial charge in [0.2, 0.25) is 0 Å². The van der Waals surface area contributed by atoms with Crippen molar-refractivity contribution < 1.29 is 33.9 Å². The molecule has 3 heterocycles. The molecule has 3 fully saturated rings. The largest absolute Gasteiger partial charge is 0.394 e. The van der Waals surface area contributed by atoms with E-state index in [1.165, 1.54) is 0 Å². The summed E-state index contributed by atoms with van der Waals surface area (Å²) >= 11 is 0. The van der Waals surface area contributed by atoms with Gasteiger partial charge in [0.05, 0.1) is 6.61 Å². The number of hydrogen-bond donors (Lipinski definition) is 2. The van der Waals surface area contributed by atoms with Gasteiger partial charge in [0, 0.05) is 0 Å². The average molecular weight is 290 g/mol. The molecule has 0 bridgehead atoms. The minimum absolute atomic E-state index is 0.189. The highest BCUT2D eigenvalue weighted by Crippen LogP contribution is 2.42. The van der Waals surface area contributed by atoms with Crippen LogP contribution in [0.5, 0.6) is 0 Å². The molecule has 7 heteroatoms. The highest BCUT2D eigenvalue weighted by molar-refractivity contribution is 5.01. The van der Waals surface area contributed by atoms with E-state index in [0.717, 1.165) is 0 Å². The highest BCUT2D eigenvalue weighted by atomic mass is 16.8. The van der Waals surface area contributed by atoms with Crippen molar-refractivity contribution in [1.82, 2.24) is 0 Å². The Balaban J connectivity index is 1.80. The molecular weight excluding hydrogens is 268 g/mol. The summed E-state index contributed by atoms with van der Waals surface area (Å²) in [5.41, 5.74) is 0. The van der Waals surface area contributed by atoms with Gasteiger partial charge in [-0.05, 0) is 27.7 Å². The third kappa shape index (κ3) is 2.37. The lowest BCUT2D eigenvalue weighted by Crippen LogP contribution is -2.45. The van der Waals surface area contributed by atoms with Crippen LogP contribution >= 0.6 is 0 Å². The van der Waals surface area contributed by atoms with Crippen LogP contribution in [0.4, 0.5) is 0 Å². The van der Waals surface area contributed by atoms with Crippen LogP contribution < -0.4 is 0 Å². The van der Waals surface area contributed by atoms with Crippen LogP contribution in [0.1, 0.15) is 27.7 Å². The molecule has 0 aromatic rings. The molecular formula is C13H22O7. The third-order valence-electron chi connectivity index (χ3n) is 3.79. The van der Waals surface area contributed by atoms with Crippen molar-refractivity contribution in [3.05, 3.63) is 0 Å². The van der Waals surface area contributed by atoms with Gasteiger partial charge in [0.15, 0.2) is 17.9 Å².